The fraction of sp³-hybridized carbons (Fsp3) is 0.111. The molecule has 1 unspecified atom stereocenters. The van der Waals surface area contributed by atoms with Crippen molar-refractivity contribution in [2.24, 2.45) is 0 Å². The van der Waals surface area contributed by atoms with E-state index in [2.05, 4.69) is 31.0 Å². The molecule has 1 aromatic heterocycles. The van der Waals surface area contributed by atoms with E-state index in [-0.39, 0.29) is 15.9 Å². The fourth-order valence-corrected chi connectivity index (χ4v) is 4.85. The quantitative estimate of drug-likeness (QED) is 0.586. The second-order valence-corrected chi connectivity index (χ2v) is 9.51. The van der Waals surface area contributed by atoms with Crippen LogP contribution in [0.15, 0.2) is 57.2 Å². The minimum Gasteiger partial charge on any atom is -0.479 e. The zero-order valence-electron chi connectivity index (χ0n) is 14.5. The summed E-state index contributed by atoms with van der Waals surface area (Å²) in [6, 6.07) is 11.7. The Labute approximate surface area is 173 Å². The highest BCUT2D eigenvalue weighted by Gasteiger charge is 2.24. The summed E-state index contributed by atoms with van der Waals surface area (Å²) in [5, 5.41) is 4.79. The van der Waals surface area contributed by atoms with Crippen LogP contribution < -0.4 is 14.8 Å². The third kappa shape index (κ3) is 3.75. The zero-order chi connectivity index (χ0) is 19.9. The molecule has 10 heteroatoms. The molecule has 2 aromatic carbocycles. The number of sulfonamides is 1. The Morgan fingerprint density at radius 3 is 2.71 bits per heavy atom. The van der Waals surface area contributed by atoms with Crippen molar-refractivity contribution in [1.29, 1.82) is 0 Å². The van der Waals surface area contributed by atoms with Crippen molar-refractivity contribution in [2.75, 3.05) is 10.0 Å². The third-order valence-corrected chi connectivity index (χ3v) is 6.83. The van der Waals surface area contributed by atoms with E-state index in [0.717, 1.165) is 10.0 Å². The lowest BCUT2D eigenvalue weighted by molar-refractivity contribution is -0.122. The predicted molar refractivity (Wildman–Crippen MR) is 111 cm³/mol. The first-order chi connectivity index (χ1) is 13.3. The Kier molecular flexibility index (Phi) is 4.86. The summed E-state index contributed by atoms with van der Waals surface area (Å²) in [5.41, 5.74) is 1.89. The normalized spacial score (nSPS) is 16.1. The third-order valence-electron chi connectivity index (χ3n) is 4.06. The van der Waals surface area contributed by atoms with Gasteiger partial charge in [0.2, 0.25) is 0 Å². The van der Waals surface area contributed by atoms with Gasteiger partial charge < -0.3 is 10.1 Å². The van der Waals surface area contributed by atoms with E-state index in [9.17, 15) is 13.2 Å². The Morgan fingerprint density at radius 2 is 1.96 bits per heavy atom. The lowest BCUT2D eigenvalue weighted by Crippen LogP contribution is -2.34. The van der Waals surface area contributed by atoms with Gasteiger partial charge in [-0.3, -0.25) is 9.52 Å². The molecule has 0 aliphatic carbocycles. The molecular formula is C18H14BrN3O4S2. The highest BCUT2D eigenvalue weighted by atomic mass is 79.9. The number of fused-ring (bicyclic) bond motifs is 1. The molecule has 144 valence electrons. The molecule has 0 bridgehead atoms. The minimum absolute atomic E-state index is 0.148. The number of carbonyl (C=O) groups excluding carboxylic acids is 1. The van der Waals surface area contributed by atoms with Gasteiger partial charge in [0.1, 0.15) is 5.75 Å². The lowest BCUT2D eigenvalue weighted by atomic mass is 10.1. The molecule has 1 amide bonds. The molecular weight excluding hydrogens is 466 g/mol. The van der Waals surface area contributed by atoms with Gasteiger partial charge in [-0.2, -0.15) is 0 Å². The van der Waals surface area contributed by atoms with Gasteiger partial charge in [0.15, 0.2) is 11.2 Å². The lowest BCUT2D eigenvalue weighted by Gasteiger charge is -2.23. The number of hydrogen-bond donors (Lipinski definition) is 2. The molecule has 0 saturated heterocycles. The number of halogens is 1. The fourth-order valence-electron chi connectivity index (χ4n) is 2.61. The Balaban J connectivity index is 1.57. The molecule has 2 heterocycles. The number of nitrogens with one attached hydrogen (secondary N) is 2. The number of anilines is 2. The van der Waals surface area contributed by atoms with Gasteiger partial charge in [0.25, 0.3) is 15.9 Å². The average Bonchev–Trinajstić information content (AvgIpc) is 3.10. The number of thiazole rings is 1. The second-order valence-electron chi connectivity index (χ2n) is 6.06. The Bertz CT molecular complexity index is 1160. The second kappa shape index (κ2) is 7.19. The summed E-state index contributed by atoms with van der Waals surface area (Å²) in [6.07, 6.45) is -0.544. The molecule has 3 aromatic rings. The van der Waals surface area contributed by atoms with E-state index >= 15 is 0 Å². The van der Waals surface area contributed by atoms with Gasteiger partial charge in [-0.05, 0) is 49.4 Å². The van der Waals surface area contributed by atoms with Crippen molar-refractivity contribution in [3.8, 4) is 17.0 Å². The maximum Gasteiger partial charge on any atom is 0.265 e. The first-order valence-electron chi connectivity index (χ1n) is 8.18. The summed E-state index contributed by atoms with van der Waals surface area (Å²) in [6.45, 7) is 1.68. The summed E-state index contributed by atoms with van der Waals surface area (Å²) < 4.78 is 33.8. The monoisotopic (exact) mass is 479 g/mol. The van der Waals surface area contributed by atoms with Gasteiger partial charge in [-0.15, -0.1) is 11.3 Å². The molecule has 0 saturated carbocycles. The Morgan fingerprint density at radius 1 is 1.21 bits per heavy atom. The molecule has 1 aliphatic rings. The van der Waals surface area contributed by atoms with Crippen LogP contribution in [0.3, 0.4) is 0 Å². The van der Waals surface area contributed by atoms with Crippen molar-refractivity contribution in [3.63, 3.8) is 0 Å². The van der Waals surface area contributed by atoms with Crippen molar-refractivity contribution >= 4 is 54.0 Å². The number of hydrogen-bond acceptors (Lipinski definition) is 6. The standard InChI is InChI=1S/C18H14BrN3O4S2/c1-10-17(23)20-14-8-11(2-7-16(14)26-10)15-9-27-18(21-15)22-28(24,25)13-5-3-12(19)4-6-13/h2-10H,1H3,(H,20,23)(H,21,22). The molecule has 1 aliphatic heterocycles. The Hall–Kier alpha value is -2.43. The zero-order valence-corrected chi connectivity index (χ0v) is 17.7. The molecule has 2 N–H and O–H groups in total. The van der Waals surface area contributed by atoms with Crippen LogP contribution in [0.25, 0.3) is 11.3 Å². The van der Waals surface area contributed by atoms with Gasteiger partial charge in [0.05, 0.1) is 16.3 Å². The van der Waals surface area contributed by atoms with Gasteiger partial charge in [-0.1, -0.05) is 15.9 Å². The largest absolute Gasteiger partial charge is 0.479 e. The number of ether oxygens (including phenoxy) is 1. The van der Waals surface area contributed by atoms with Gasteiger partial charge >= 0.3 is 0 Å². The van der Waals surface area contributed by atoms with Crippen LogP contribution in [-0.4, -0.2) is 25.4 Å². The summed E-state index contributed by atoms with van der Waals surface area (Å²) in [4.78, 5) is 16.3. The first-order valence-corrected chi connectivity index (χ1v) is 11.3. The van der Waals surface area contributed by atoms with Crippen molar-refractivity contribution in [1.82, 2.24) is 4.98 Å². The molecule has 28 heavy (non-hydrogen) atoms. The van der Waals surface area contributed by atoms with E-state index in [1.165, 1.54) is 23.5 Å². The first kappa shape index (κ1) is 18.9. The number of aromatic nitrogens is 1. The van der Waals surface area contributed by atoms with Crippen LogP contribution in [0.4, 0.5) is 10.8 Å². The maximum atomic E-state index is 12.5. The number of nitrogens with zero attached hydrogens (tertiary/aromatic N) is 1. The predicted octanol–water partition coefficient (Wildman–Crippen LogP) is 4.09. The maximum absolute atomic E-state index is 12.5. The van der Waals surface area contributed by atoms with Crippen LogP contribution in [0.1, 0.15) is 6.92 Å². The number of benzene rings is 2. The molecule has 7 nitrogen and oxygen atoms in total. The van der Waals surface area contributed by atoms with Crippen molar-refractivity contribution in [2.45, 2.75) is 17.9 Å². The molecule has 0 spiro atoms. The van der Waals surface area contributed by atoms with E-state index in [4.69, 9.17) is 4.74 Å². The summed E-state index contributed by atoms with van der Waals surface area (Å²) in [7, 11) is -3.73. The summed E-state index contributed by atoms with van der Waals surface area (Å²) >= 11 is 4.46. The number of carbonyl (C=O) groups is 1. The van der Waals surface area contributed by atoms with Crippen LogP contribution in [0.2, 0.25) is 0 Å². The molecule has 4 rings (SSSR count). The molecule has 0 fully saturated rings. The van der Waals surface area contributed by atoms with Crippen molar-refractivity contribution < 1.29 is 17.9 Å². The topological polar surface area (TPSA) is 97.4 Å². The van der Waals surface area contributed by atoms with E-state index < -0.39 is 16.1 Å². The molecule has 0 radical (unpaired) electrons. The highest BCUT2D eigenvalue weighted by Crippen LogP contribution is 2.35. The van der Waals surface area contributed by atoms with Gasteiger partial charge in [0, 0.05) is 15.4 Å². The van der Waals surface area contributed by atoms with E-state index in [0.29, 0.717) is 17.1 Å². The van der Waals surface area contributed by atoms with E-state index in [1.54, 1.807) is 36.6 Å². The number of rotatable bonds is 4. The van der Waals surface area contributed by atoms with Crippen LogP contribution in [-0.2, 0) is 14.8 Å². The SMILES string of the molecule is CC1Oc2ccc(-c3csc(NS(=O)(=O)c4ccc(Br)cc4)n3)cc2NC1=O. The van der Waals surface area contributed by atoms with Crippen molar-refractivity contribution in [3.05, 3.63) is 52.3 Å². The minimum atomic E-state index is -3.73. The van der Waals surface area contributed by atoms with Crippen LogP contribution in [0, 0.1) is 0 Å². The van der Waals surface area contributed by atoms with Gasteiger partial charge in [-0.25, -0.2) is 13.4 Å². The van der Waals surface area contributed by atoms with Crippen LogP contribution >= 0.6 is 27.3 Å². The molecule has 1 atom stereocenters. The van der Waals surface area contributed by atoms with E-state index in [1.807, 2.05) is 6.07 Å². The van der Waals surface area contributed by atoms with Crippen LogP contribution in [0.5, 0.6) is 5.75 Å². The highest BCUT2D eigenvalue weighted by molar-refractivity contribution is 9.10. The smallest absolute Gasteiger partial charge is 0.265 e. The summed E-state index contributed by atoms with van der Waals surface area (Å²) in [5.74, 6) is 0.369. The number of amides is 1. The average molecular weight is 480 g/mol.